The smallest absolute Gasteiger partial charge is 0.295 e. The number of nitrogens with zero attached hydrogens (tertiary/aromatic N) is 3. The lowest BCUT2D eigenvalue weighted by Gasteiger charge is -2.35. The van der Waals surface area contributed by atoms with Gasteiger partial charge in [-0.05, 0) is 45.2 Å². The molecule has 1 saturated heterocycles. The molecule has 1 amide bonds. The molecule has 1 fully saturated rings. The third kappa shape index (κ3) is 4.33. The van der Waals surface area contributed by atoms with Crippen LogP contribution in [0.15, 0.2) is 35.1 Å². The molecule has 0 radical (unpaired) electrons. The number of benzene rings is 1. The molecule has 150 valence electrons. The Labute approximate surface area is 174 Å². The molecule has 2 aromatic rings. The van der Waals surface area contributed by atoms with E-state index in [1.165, 1.54) is 18.2 Å². The average Bonchev–Trinajstić information content (AvgIpc) is 2.90. The van der Waals surface area contributed by atoms with E-state index in [1.807, 2.05) is 37.3 Å². The summed E-state index contributed by atoms with van der Waals surface area (Å²) in [5.41, 5.74) is 1.54. The zero-order valence-electron chi connectivity index (χ0n) is 16.5. The van der Waals surface area contributed by atoms with Crippen LogP contribution in [0.4, 0.5) is 5.69 Å². The summed E-state index contributed by atoms with van der Waals surface area (Å²) in [6.07, 6.45) is 3.50. The van der Waals surface area contributed by atoms with Crippen molar-refractivity contribution in [3.05, 3.63) is 46.4 Å². The van der Waals surface area contributed by atoms with Crippen LogP contribution in [0, 0.1) is 6.92 Å². The number of carbonyl (C=O) groups is 1. The molecular weight excluding hydrogens is 392 g/mol. The molecule has 0 aliphatic carbocycles. The van der Waals surface area contributed by atoms with Gasteiger partial charge < -0.3 is 10.2 Å². The summed E-state index contributed by atoms with van der Waals surface area (Å²) >= 11 is 6.88. The number of piperidine rings is 1. The minimum absolute atomic E-state index is 0.196. The van der Waals surface area contributed by atoms with Crippen LogP contribution < -0.4 is 10.9 Å². The number of likely N-dealkylation sites (tertiary alicyclic amines) is 1. The Kier molecular flexibility index (Phi) is 6.61. The third-order valence-corrected chi connectivity index (χ3v) is 6.66. The van der Waals surface area contributed by atoms with E-state index in [9.17, 15) is 9.59 Å². The van der Waals surface area contributed by atoms with E-state index in [2.05, 4.69) is 17.1 Å². The zero-order chi connectivity index (χ0) is 20.3. The minimum Gasteiger partial charge on any atom is -0.355 e. The molecule has 1 aromatic heterocycles. The number of carbonyl (C=O) groups excluding carboxylic acids is 1. The third-order valence-electron chi connectivity index (χ3n) is 5.18. The summed E-state index contributed by atoms with van der Waals surface area (Å²) < 4.78 is 4.06. The average molecular weight is 419 g/mol. The second kappa shape index (κ2) is 8.96. The van der Waals surface area contributed by atoms with E-state index >= 15 is 0 Å². The maximum atomic E-state index is 12.9. The molecule has 1 aliphatic heterocycles. The second-order valence-electron chi connectivity index (χ2n) is 7.08. The predicted molar refractivity (Wildman–Crippen MR) is 119 cm³/mol. The topological polar surface area (TPSA) is 59.3 Å². The Balaban J connectivity index is 1.68. The van der Waals surface area contributed by atoms with Gasteiger partial charge >= 0.3 is 0 Å². The molecule has 1 aliphatic rings. The van der Waals surface area contributed by atoms with E-state index in [4.69, 9.17) is 12.2 Å². The van der Waals surface area contributed by atoms with Gasteiger partial charge in [0.25, 0.3) is 5.56 Å². The lowest BCUT2D eigenvalue weighted by Crippen LogP contribution is -2.40. The van der Waals surface area contributed by atoms with Gasteiger partial charge in [-0.25, -0.2) is 4.68 Å². The molecule has 0 saturated carbocycles. The summed E-state index contributed by atoms with van der Waals surface area (Å²) in [5, 5.41) is 2.79. The van der Waals surface area contributed by atoms with E-state index < -0.39 is 0 Å². The van der Waals surface area contributed by atoms with Crippen molar-refractivity contribution >= 4 is 39.9 Å². The van der Waals surface area contributed by atoms with Crippen LogP contribution in [0.5, 0.6) is 0 Å². The molecule has 0 bridgehead atoms. The second-order valence-corrected chi connectivity index (χ2v) is 8.69. The van der Waals surface area contributed by atoms with Gasteiger partial charge in [-0.3, -0.25) is 14.3 Å². The highest BCUT2D eigenvalue weighted by atomic mass is 32.2. The van der Waals surface area contributed by atoms with Gasteiger partial charge in [0.2, 0.25) is 5.91 Å². The quantitative estimate of drug-likeness (QED) is 0.772. The maximum absolute atomic E-state index is 12.9. The highest BCUT2D eigenvalue weighted by Crippen LogP contribution is 2.22. The highest BCUT2D eigenvalue weighted by molar-refractivity contribution is 8.23. The summed E-state index contributed by atoms with van der Waals surface area (Å²) in [6.45, 7) is 4.95. The monoisotopic (exact) mass is 418 g/mol. The minimum atomic E-state index is -0.239. The lowest BCUT2D eigenvalue weighted by atomic mass is 10.1. The Morgan fingerprint density at radius 2 is 2.00 bits per heavy atom. The molecule has 2 heterocycles. The number of para-hydroxylation sites is 1. The van der Waals surface area contributed by atoms with E-state index in [0.29, 0.717) is 17.4 Å². The number of anilines is 1. The van der Waals surface area contributed by atoms with Crippen molar-refractivity contribution in [1.82, 2.24) is 14.3 Å². The van der Waals surface area contributed by atoms with Crippen LogP contribution in [0.1, 0.15) is 31.9 Å². The largest absolute Gasteiger partial charge is 0.355 e. The predicted octanol–water partition coefficient (Wildman–Crippen LogP) is 3.32. The highest BCUT2D eigenvalue weighted by Gasteiger charge is 2.22. The number of amides is 1. The number of rotatable bonds is 4. The molecule has 1 unspecified atom stereocenters. The van der Waals surface area contributed by atoms with Crippen molar-refractivity contribution in [2.75, 3.05) is 17.6 Å². The van der Waals surface area contributed by atoms with Crippen molar-refractivity contribution < 1.29 is 4.79 Å². The number of hydrogen-bond acceptors (Lipinski definition) is 4. The van der Waals surface area contributed by atoms with Crippen LogP contribution in [-0.2, 0) is 11.8 Å². The first-order valence-corrected chi connectivity index (χ1v) is 10.9. The van der Waals surface area contributed by atoms with Gasteiger partial charge in [0.1, 0.15) is 10.0 Å². The van der Waals surface area contributed by atoms with Gasteiger partial charge in [-0.1, -0.05) is 42.2 Å². The van der Waals surface area contributed by atoms with Crippen molar-refractivity contribution in [1.29, 1.82) is 0 Å². The number of thiocarbonyl (C=S) groups is 1. The zero-order valence-corrected chi connectivity index (χ0v) is 18.1. The fraction of sp³-hybridized carbons (Fsp3) is 0.450. The SMILES string of the molecule is Cc1c(NC(=O)CSC(=S)N2CCCCC2C)c(=O)n(-c2ccccc2)n1C. The van der Waals surface area contributed by atoms with Gasteiger partial charge in [0.15, 0.2) is 0 Å². The van der Waals surface area contributed by atoms with E-state index in [1.54, 1.807) is 16.4 Å². The Hall–Kier alpha value is -2.06. The van der Waals surface area contributed by atoms with Gasteiger partial charge in [0, 0.05) is 19.6 Å². The molecule has 28 heavy (non-hydrogen) atoms. The molecule has 1 aromatic carbocycles. The summed E-state index contributed by atoms with van der Waals surface area (Å²) in [7, 11) is 1.81. The first-order valence-electron chi connectivity index (χ1n) is 9.47. The molecule has 0 spiro atoms. The number of aromatic nitrogens is 2. The van der Waals surface area contributed by atoms with Gasteiger partial charge in [-0.2, -0.15) is 0 Å². The van der Waals surface area contributed by atoms with Crippen LogP contribution in [0.2, 0.25) is 0 Å². The first kappa shape index (κ1) is 20.7. The lowest BCUT2D eigenvalue weighted by molar-refractivity contribution is -0.113. The van der Waals surface area contributed by atoms with E-state index in [0.717, 1.165) is 29.4 Å². The Morgan fingerprint density at radius 3 is 2.68 bits per heavy atom. The van der Waals surface area contributed by atoms with Crippen molar-refractivity contribution in [2.24, 2.45) is 7.05 Å². The Bertz CT molecular complexity index is 920. The summed E-state index contributed by atoms with van der Waals surface area (Å²) in [6, 6.07) is 9.80. The van der Waals surface area contributed by atoms with Crippen LogP contribution in [-0.4, -0.2) is 42.8 Å². The van der Waals surface area contributed by atoms with Crippen LogP contribution in [0.3, 0.4) is 0 Å². The number of nitrogens with one attached hydrogen (secondary N) is 1. The molecule has 1 atom stereocenters. The molecule has 8 heteroatoms. The molecule has 1 N–H and O–H groups in total. The van der Waals surface area contributed by atoms with Gasteiger partial charge in [-0.15, -0.1) is 0 Å². The van der Waals surface area contributed by atoms with Crippen LogP contribution >= 0.6 is 24.0 Å². The van der Waals surface area contributed by atoms with E-state index in [-0.39, 0.29) is 17.2 Å². The molecule has 6 nitrogen and oxygen atoms in total. The van der Waals surface area contributed by atoms with Gasteiger partial charge in [0.05, 0.1) is 17.1 Å². The van der Waals surface area contributed by atoms with Crippen molar-refractivity contribution in [3.63, 3.8) is 0 Å². The van der Waals surface area contributed by atoms with Crippen molar-refractivity contribution in [3.8, 4) is 5.69 Å². The maximum Gasteiger partial charge on any atom is 0.295 e. The van der Waals surface area contributed by atoms with Crippen molar-refractivity contribution in [2.45, 2.75) is 39.2 Å². The molecule has 3 rings (SSSR count). The Morgan fingerprint density at radius 1 is 1.29 bits per heavy atom. The number of hydrogen-bond donors (Lipinski definition) is 1. The fourth-order valence-electron chi connectivity index (χ4n) is 3.47. The number of thioether (sulfide) groups is 1. The van der Waals surface area contributed by atoms with Crippen LogP contribution in [0.25, 0.3) is 5.69 Å². The fourth-order valence-corrected chi connectivity index (χ4v) is 4.68. The molecular formula is C20H26N4O2S2. The summed E-state index contributed by atoms with van der Waals surface area (Å²) in [5.74, 6) is -0.0238. The first-order chi connectivity index (χ1) is 13.4. The standard InChI is InChI=1S/C20H26N4O2S2/c1-14-9-7-8-12-23(14)20(27)28-13-17(25)21-18-15(2)22(3)24(19(18)26)16-10-5-4-6-11-16/h4-6,10-11,14H,7-9,12-13H2,1-3H3,(H,21,25). The summed E-state index contributed by atoms with van der Waals surface area (Å²) in [4.78, 5) is 27.5. The normalized spacial score (nSPS) is 16.8.